The maximum atomic E-state index is 11.8. The number of ketones is 1. The molecule has 4 nitrogen and oxygen atoms in total. The third-order valence-electron chi connectivity index (χ3n) is 3.28. The molecule has 1 aliphatic carbocycles. The number of phenols is 1. The molecule has 0 unspecified atom stereocenters. The van der Waals surface area contributed by atoms with Gasteiger partial charge in [-0.1, -0.05) is 30.4 Å². The number of benzene rings is 1. The van der Waals surface area contributed by atoms with E-state index < -0.39 is 5.97 Å². The molecule has 22 heavy (non-hydrogen) atoms. The van der Waals surface area contributed by atoms with Crippen LogP contribution in [-0.2, 0) is 4.79 Å². The van der Waals surface area contributed by atoms with Crippen LogP contribution >= 0.6 is 0 Å². The highest BCUT2D eigenvalue weighted by Gasteiger charge is 2.10. The van der Waals surface area contributed by atoms with E-state index in [0.29, 0.717) is 24.0 Å². The van der Waals surface area contributed by atoms with Crippen molar-refractivity contribution in [1.82, 2.24) is 0 Å². The second-order valence-electron chi connectivity index (χ2n) is 4.87. The van der Waals surface area contributed by atoms with Crippen LogP contribution in [0.25, 0.3) is 0 Å². The van der Waals surface area contributed by atoms with Crippen LogP contribution in [0.5, 0.6) is 5.75 Å². The maximum Gasteiger partial charge on any atom is 0.331 e. The molecule has 0 spiro atoms. The Morgan fingerprint density at radius 2 is 1.73 bits per heavy atom. The minimum atomic E-state index is -0.876. The van der Waals surface area contributed by atoms with Crippen molar-refractivity contribution < 1.29 is 19.8 Å². The molecule has 1 aromatic carbocycles. The van der Waals surface area contributed by atoms with Gasteiger partial charge in [0.25, 0.3) is 0 Å². The first-order chi connectivity index (χ1) is 10.6. The van der Waals surface area contributed by atoms with Crippen molar-refractivity contribution >= 4 is 11.8 Å². The standard InChI is InChI=1S/C18H16O4/c19-16-11-9-14(10-12-16)17(20)4-2-1-3-13-5-7-15(8-6-13)18(21)22/h1-5,7,9-12,19H,6,8H2,(H,21,22)/b3-1+,4-2+. The first-order valence-electron chi connectivity index (χ1n) is 6.87. The van der Waals surface area contributed by atoms with E-state index in [1.807, 2.05) is 6.08 Å². The van der Waals surface area contributed by atoms with Crippen molar-refractivity contribution in [3.63, 3.8) is 0 Å². The number of carboxylic acids is 1. The van der Waals surface area contributed by atoms with Crippen LogP contribution in [0.15, 0.2) is 71.9 Å². The van der Waals surface area contributed by atoms with Crippen molar-refractivity contribution in [3.8, 4) is 5.75 Å². The SMILES string of the molecule is O=C(O)C1=CC=C(/C=C/C=C/C(=O)c2ccc(O)cc2)CC1. The number of carbonyl (C=O) groups excluding carboxylic acids is 1. The predicted molar refractivity (Wildman–Crippen MR) is 83.8 cm³/mol. The van der Waals surface area contributed by atoms with Crippen LogP contribution in [0.2, 0.25) is 0 Å². The molecule has 4 heteroatoms. The average molecular weight is 296 g/mol. The topological polar surface area (TPSA) is 74.6 Å². The summed E-state index contributed by atoms with van der Waals surface area (Å²) in [6.45, 7) is 0. The highest BCUT2D eigenvalue weighted by Crippen LogP contribution is 2.19. The molecule has 112 valence electrons. The lowest BCUT2D eigenvalue weighted by molar-refractivity contribution is -0.132. The first kappa shape index (κ1) is 15.5. The van der Waals surface area contributed by atoms with Gasteiger partial charge in [-0.05, 0) is 48.8 Å². The summed E-state index contributed by atoms with van der Waals surface area (Å²) in [7, 11) is 0. The molecule has 0 heterocycles. The molecule has 0 bridgehead atoms. The Kier molecular flexibility index (Phi) is 5.09. The molecule has 0 atom stereocenters. The summed E-state index contributed by atoms with van der Waals surface area (Å²) in [4.78, 5) is 22.6. The summed E-state index contributed by atoms with van der Waals surface area (Å²) < 4.78 is 0. The summed E-state index contributed by atoms with van der Waals surface area (Å²) in [5.41, 5.74) is 1.94. The molecule has 0 fully saturated rings. The molecule has 0 aliphatic heterocycles. The molecule has 1 aliphatic rings. The quantitative estimate of drug-likeness (QED) is 0.496. The highest BCUT2D eigenvalue weighted by atomic mass is 16.4. The van der Waals surface area contributed by atoms with Crippen LogP contribution in [0.1, 0.15) is 23.2 Å². The lowest BCUT2D eigenvalue weighted by Gasteiger charge is -2.07. The van der Waals surface area contributed by atoms with Crippen LogP contribution in [-0.4, -0.2) is 22.0 Å². The number of aliphatic carboxylic acids is 1. The Morgan fingerprint density at radius 1 is 1.00 bits per heavy atom. The molecule has 0 saturated heterocycles. The fraction of sp³-hybridized carbons (Fsp3) is 0.111. The summed E-state index contributed by atoms with van der Waals surface area (Å²) in [6, 6.07) is 6.06. The largest absolute Gasteiger partial charge is 0.508 e. The van der Waals surface area contributed by atoms with Gasteiger partial charge in [0.05, 0.1) is 0 Å². The van der Waals surface area contributed by atoms with Crippen molar-refractivity contribution in [3.05, 3.63) is 77.4 Å². The van der Waals surface area contributed by atoms with Gasteiger partial charge >= 0.3 is 5.97 Å². The molecule has 0 radical (unpaired) electrons. The van der Waals surface area contributed by atoms with Crippen LogP contribution in [0, 0.1) is 0 Å². The smallest absolute Gasteiger partial charge is 0.331 e. The predicted octanol–water partition coefficient (Wildman–Crippen LogP) is 3.42. The number of phenolic OH excluding ortho intramolecular Hbond substituents is 1. The average Bonchev–Trinajstić information content (AvgIpc) is 2.52. The normalized spacial score (nSPS) is 14.9. The van der Waals surface area contributed by atoms with Crippen LogP contribution < -0.4 is 0 Å². The molecule has 0 aromatic heterocycles. The number of rotatable bonds is 5. The van der Waals surface area contributed by atoms with Crippen molar-refractivity contribution in [2.45, 2.75) is 12.8 Å². The molecule has 0 amide bonds. The Morgan fingerprint density at radius 3 is 2.32 bits per heavy atom. The van der Waals surface area contributed by atoms with E-state index in [1.54, 1.807) is 36.4 Å². The summed E-state index contributed by atoms with van der Waals surface area (Å²) in [5.74, 6) is -0.896. The van der Waals surface area contributed by atoms with Gasteiger partial charge in [-0.25, -0.2) is 4.79 Å². The third kappa shape index (κ3) is 4.31. The number of allylic oxidation sites excluding steroid dienone is 7. The van der Waals surface area contributed by atoms with Gasteiger partial charge in [0.15, 0.2) is 5.78 Å². The Balaban J connectivity index is 1.94. The Hall–Kier alpha value is -2.88. The van der Waals surface area contributed by atoms with Crippen LogP contribution in [0.3, 0.4) is 0 Å². The van der Waals surface area contributed by atoms with Gasteiger partial charge in [0.1, 0.15) is 5.75 Å². The second-order valence-corrected chi connectivity index (χ2v) is 4.87. The number of carbonyl (C=O) groups is 2. The summed E-state index contributed by atoms with van der Waals surface area (Å²) in [5, 5.41) is 18.0. The number of hydrogen-bond acceptors (Lipinski definition) is 3. The zero-order valence-corrected chi connectivity index (χ0v) is 11.9. The second kappa shape index (κ2) is 7.22. The van der Waals surface area contributed by atoms with Crippen molar-refractivity contribution in [1.29, 1.82) is 0 Å². The lowest BCUT2D eigenvalue weighted by Crippen LogP contribution is -2.03. The van der Waals surface area contributed by atoms with Gasteiger partial charge in [-0.3, -0.25) is 4.79 Å². The van der Waals surface area contributed by atoms with E-state index in [4.69, 9.17) is 10.2 Å². The monoisotopic (exact) mass is 296 g/mol. The minimum Gasteiger partial charge on any atom is -0.508 e. The minimum absolute atomic E-state index is 0.124. The van der Waals surface area contributed by atoms with Gasteiger partial charge in [0, 0.05) is 11.1 Å². The third-order valence-corrected chi connectivity index (χ3v) is 3.28. The van der Waals surface area contributed by atoms with E-state index in [1.165, 1.54) is 18.2 Å². The molecule has 1 aromatic rings. The van der Waals surface area contributed by atoms with E-state index in [9.17, 15) is 9.59 Å². The number of aromatic hydroxyl groups is 1. The summed E-state index contributed by atoms with van der Waals surface area (Å²) in [6.07, 6.45) is 11.3. The highest BCUT2D eigenvalue weighted by molar-refractivity contribution is 6.04. The van der Waals surface area contributed by atoms with E-state index in [2.05, 4.69) is 0 Å². The van der Waals surface area contributed by atoms with Gasteiger partial charge < -0.3 is 10.2 Å². The molecular weight excluding hydrogens is 280 g/mol. The fourth-order valence-electron chi connectivity index (χ4n) is 2.01. The zero-order chi connectivity index (χ0) is 15.9. The maximum absolute atomic E-state index is 11.8. The van der Waals surface area contributed by atoms with Crippen molar-refractivity contribution in [2.24, 2.45) is 0 Å². The van der Waals surface area contributed by atoms with Gasteiger partial charge in [0.2, 0.25) is 0 Å². The van der Waals surface area contributed by atoms with E-state index in [-0.39, 0.29) is 11.5 Å². The fourth-order valence-corrected chi connectivity index (χ4v) is 2.01. The Bertz CT molecular complexity index is 688. The molecule has 2 N–H and O–H groups in total. The van der Waals surface area contributed by atoms with Gasteiger partial charge in [-0.15, -0.1) is 0 Å². The first-order valence-corrected chi connectivity index (χ1v) is 6.87. The summed E-state index contributed by atoms with van der Waals surface area (Å²) >= 11 is 0. The number of carboxylic acid groups (broad SMARTS) is 1. The Labute approximate surface area is 128 Å². The zero-order valence-electron chi connectivity index (χ0n) is 11.9. The molecular formula is C18H16O4. The van der Waals surface area contributed by atoms with Crippen LogP contribution in [0.4, 0.5) is 0 Å². The molecule has 2 rings (SSSR count). The van der Waals surface area contributed by atoms with Crippen molar-refractivity contribution in [2.75, 3.05) is 0 Å². The van der Waals surface area contributed by atoms with E-state index >= 15 is 0 Å². The van der Waals surface area contributed by atoms with E-state index in [0.717, 1.165) is 5.57 Å². The van der Waals surface area contributed by atoms with Gasteiger partial charge in [-0.2, -0.15) is 0 Å². The number of hydrogen-bond donors (Lipinski definition) is 2. The lowest BCUT2D eigenvalue weighted by atomic mass is 9.98. The molecule has 0 saturated carbocycles.